The van der Waals surface area contributed by atoms with Gasteiger partial charge in [-0.3, -0.25) is 14.4 Å². The van der Waals surface area contributed by atoms with Crippen molar-refractivity contribution in [2.75, 3.05) is 7.11 Å². The van der Waals surface area contributed by atoms with Crippen LogP contribution in [0.3, 0.4) is 0 Å². The van der Waals surface area contributed by atoms with Gasteiger partial charge < -0.3 is 24.6 Å². The van der Waals surface area contributed by atoms with Crippen LogP contribution in [0, 0.1) is 12.7 Å². The highest BCUT2D eigenvalue weighted by molar-refractivity contribution is 5.99. The zero-order valence-corrected chi connectivity index (χ0v) is 21.5. The number of halogens is 1. The summed E-state index contributed by atoms with van der Waals surface area (Å²) in [5.41, 5.74) is 3.35. The lowest BCUT2D eigenvalue weighted by atomic mass is 9.94. The van der Waals surface area contributed by atoms with Crippen molar-refractivity contribution in [3.63, 3.8) is 0 Å². The summed E-state index contributed by atoms with van der Waals surface area (Å²) in [6, 6.07) is 5.68. The Bertz CT molecular complexity index is 1270. The number of esters is 2. The van der Waals surface area contributed by atoms with Gasteiger partial charge in [0, 0.05) is 30.5 Å². The molecule has 0 radical (unpaired) electrons. The lowest BCUT2D eigenvalue weighted by Crippen LogP contribution is -2.24. The molecule has 0 spiro atoms. The molecule has 1 heterocycles. The van der Waals surface area contributed by atoms with E-state index in [0.717, 1.165) is 5.57 Å². The Morgan fingerprint density at radius 1 is 1.11 bits per heavy atom. The van der Waals surface area contributed by atoms with Crippen molar-refractivity contribution in [3.8, 4) is 11.5 Å². The first-order chi connectivity index (χ1) is 18.1. The molecule has 0 saturated carbocycles. The molecular weight excluding hydrogens is 497 g/mol. The Kier molecular flexibility index (Phi) is 9.59. The number of nitrogens with one attached hydrogen (secondary N) is 1. The van der Waals surface area contributed by atoms with E-state index in [-0.39, 0.29) is 56.0 Å². The van der Waals surface area contributed by atoms with Crippen LogP contribution >= 0.6 is 0 Å². The van der Waals surface area contributed by atoms with Gasteiger partial charge in [-0.25, -0.2) is 9.18 Å². The number of carbonyl (C=O) groups is 4. The smallest absolute Gasteiger partial charge is 0.342 e. The molecule has 9 nitrogen and oxygen atoms in total. The fourth-order valence-corrected chi connectivity index (χ4v) is 4.08. The normalized spacial score (nSPS) is 12.5. The molecular formula is C28H30FNO8. The quantitative estimate of drug-likeness (QED) is 0.239. The van der Waals surface area contributed by atoms with Crippen molar-refractivity contribution in [1.82, 2.24) is 5.32 Å². The van der Waals surface area contributed by atoms with Gasteiger partial charge in [0.05, 0.1) is 13.5 Å². The first kappa shape index (κ1) is 28.4. The fraction of sp³-hybridized carbons (Fsp3) is 0.357. The number of carboxylic acid groups (broad SMARTS) is 1. The van der Waals surface area contributed by atoms with Crippen molar-refractivity contribution in [2.24, 2.45) is 0 Å². The van der Waals surface area contributed by atoms with Crippen LogP contribution in [-0.2, 0) is 38.7 Å². The second kappa shape index (κ2) is 12.8. The molecule has 2 aromatic carbocycles. The number of methoxy groups -OCH3 is 1. The highest BCUT2D eigenvalue weighted by Crippen LogP contribution is 2.43. The molecule has 0 unspecified atom stereocenters. The molecule has 38 heavy (non-hydrogen) atoms. The molecule has 2 aromatic rings. The number of aliphatic carboxylic acids is 1. The van der Waals surface area contributed by atoms with E-state index in [0.29, 0.717) is 34.4 Å². The average Bonchev–Trinajstić information content (AvgIpc) is 3.28. The van der Waals surface area contributed by atoms with Crippen LogP contribution < -0.4 is 14.8 Å². The molecule has 10 heteroatoms. The summed E-state index contributed by atoms with van der Waals surface area (Å²) in [6.07, 6.45) is 1.93. The maximum Gasteiger partial charge on any atom is 0.342 e. The molecule has 1 amide bonds. The number of allylic oxidation sites excluding steroid dienone is 2. The van der Waals surface area contributed by atoms with Crippen molar-refractivity contribution in [3.05, 3.63) is 69.5 Å². The van der Waals surface area contributed by atoms with Gasteiger partial charge in [-0.2, -0.15) is 0 Å². The molecule has 1 aliphatic heterocycles. The molecule has 3 rings (SSSR count). The van der Waals surface area contributed by atoms with Gasteiger partial charge in [0.1, 0.15) is 23.7 Å². The molecule has 0 fully saturated rings. The first-order valence-corrected chi connectivity index (χ1v) is 12.1. The third-order valence-corrected chi connectivity index (χ3v) is 6.19. The number of cyclic esters (lactones) is 1. The second-order valence-electron chi connectivity index (χ2n) is 8.92. The van der Waals surface area contributed by atoms with Gasteiger partial charge in [-0.15, -0.1) is 0 Å². The molecule has 0 aliphatic carbocycles. The van der Waals surface area contributed by atoms with E-state index in [1.165, 1.54) is 19.2 Å². The van der Waals surface area contributed by atoms with Crippen molar-refractivity contribution < 1.29 is 42.9 Å². The average molecular weight is 528 g/mol. The topological polar surface area (TPSA) is 128 Å². The number of fused-ring (bicyclic) bond motifs is 1. The summed E-state index contributed by atoms with van der Waals surface area (Å²) in [4.78, 5) is 48.5. The predicted molar refractivity (Wildman–Crippen MR) is 134 cm³/mol. The van der Waals surface area contributed by atoms with Crippen molar-refractivity contribution in [1.29, 1.82) is 0 Å². The van der Waals surface area contributed by atoms with Crippen molar-refractivity contribution in [2.45, 2.75) is 59.1 Å². The van der Waals surface area contributed by atoms with Crippen molar-refractivity contribution >= 4 is 23.8 Å². The highest BCUT2D eigenvalue weighted by Gasteiger charge is 2.34. The minimum Gasteiger partial charge on any atom is -0.496 e. The van der Waals surface area contributed by atoms with Gasteiger partial charge in [0.15, 0.2) is 5.75 Å². The van der Waals surface area contributed by atoms with Gasteiger partial charge in [-0.1, -0.05) is 23.8 Å². The van der Waals surface area contributed by atoms with E-state index < -0.39 is 23.8 Å². The van der Waals surface area contributed by atoms with Gasteiger partial charge >= 0.3 is 17.9 Å². The Hall–Kier alpha value is -4.21. The summed E-state index contributed by atoms with van der Waals surface area (Å²) >= 11 is 0. The van der Waals surface area contributed by atoms with Gasteiger partial charge in [0.25, 0.3) is 0 Å². The third kappa shape index (κ3) is 7.18. The highest BCUT2D eigenvalue weighted by atomic mass is 19.1. The standard InChI is InChI=1S/C28H30FNO8/c1-16(5-12-23(32)33)4-10-20-26(36-3)17(2)21-15-37-28(35)25(21)27(20)38-24(34)13-11-22(31)30-14-18-6-8-19(29)9-7-18/h4,6-9H,5,10-15H2,1-3H3,(H,30,31)(H,32,33)/b16-4+. The van der Waals surface area contributed by atoms with E-state index in [1.54, 1.807) is 32.1 Å². The summed E-state index contributed by atoms with van der Waals surface area (Å²) in [5.74, 6) is -2.58. The number of carboxylic acids is 1. The van der Waals surface area contributed by atoms with Crippen LogP contribution in [-0.4, -0.2) is 36.0 Å². The van der Waals surface area contributed by atoms with E-state index in [2.05, 4.69) is 5.32 Å². The maximum absolute atomic E-state index is 13.0. The largest absolute Gasteiger partial charge is 0.496 e. The molecule has 0 saturated heterocycles. The summed E-state index contributed by atoms with van der Waals surface area (Å²) in [5, 5.41) is 11.6. The first-order valence-electron chi connectivity index (χ1n) is 12.1. The summed E-state index contributed by atoms with van der Waals surface area (Å²) in [6.45, 7) is 3.77. The Labute approximate surface area is 219 Å². The lowest BCUT2D eigenvalue weighted by Gasteiger charge is -2.19. The summed E-state index contributed by atoms with van der Waals surface area (Å²) < 4.78 is 29.5. The Morgan fingerprint density at radius 3 is 2.47 bits per heavy atom. The number of ether oxygens (including phenoxy) is 3. The molecule has 0 bridgehead atoms. The Balaban J connectivity index is 1.76. The SMILES string of the molecule is COc1c(C)c2c(c(OC(=O)CCC(=O)NCc3ccc(F)cc3)c1C/C=C(\C)CCC(=O)O)C(=O)OC2. The van der Waals surface area contributed by atoms with E-state index in [4.69, 9.17) is 19.3 Å². The van der Waals surface area contributed by atoms with Crippen LogP contribution in [0.4, 0.5) is 4.39 Å². The second-order valence-corrected chi connectivity index (χ2v) is 8.92. The zero-order chi connectivity index (χ0) is 27.8. The molecule has 202 valence electrons. The van der Waals surface area contributed by atoms with Crippen LogP contribution in [0.1, 0.15) is 65.2 Å². The maximum atomic E-state index is 13.0. The number of carbonyl (C=O) groups excluding carboxylic acids is 3. The number of rotatable bonds is 12. The van der Waals surface area contributed by atoms with E-state index in [9.17, 15) is 23.6 Å². The summed E-state index contributed by atoms with van der Waals surface area (Å²) in [7, 11) is 1.47. The van der Waals surface area contributed by atoms with Gasteiger partial charge in [-0.05, 0) is 49.9 Å². The molecule has 0 atom stereocenters. The Morgan fingerprint density at radius 2 is 1.82 bits per heavy atom. The number of amides is 1. The van der Waals surface area contributed by atoms with Crippen LogP contribution in [0.5, 0.6) is 11.5 Å². The number of hydrogen-bond acceptors (Lipinski definition) is 7. The predicted octanol–water partition coefficient (Wildman–Crippen LogP) is 4.17. The van der Waals surface area contributed by atoms with Crippen LogP contribution in [0.15, 0.2) is 35.9 Å². The fourth-order valence-electron chi connectivity index (χ4n) is 4.08. The third-order valence-electron chi connectivity index (χ3n) is 6.19. The van der Waals surface area contributed by atoms with E-state index >= 15 is 0 Å². The minimum atomic E-state index is -0.914. The molecule has 0 aromatic heterocycles. The van der Waals surface area contributed by atoms with E-state index in [1.807, 2.05) is 0 Å². The lowest BCUT2D eigenvalue weighted by molar-refractivity contribution is -0.137. The van der Waals surface area contributed by atoms with Crippen LogP contribution in [0.2, 0.25) is 0 Å². The molecule has 1 aliphatic rings. The van der Waals surface area contributed by atoms with Crippen LogP contribution in [0.25, 0.3) is 0 Å². The minimum absolute atomic E-state index is 0.0143. The number of benzene rings is 2. The monoisotopic (exact) mass is 527 g/mol. The van der Waals surface area contributed by atoms with Gasteiger partial charge in [0.2, 0.25) is 5.91 Å². The zero-order valence-electron chi connectivity index (χ0n) is 21.5. The molecule has 2 N–H and O–H groups in total. The number of hydrogen-bond donors (Lipinski definition) is 2.